The quantitative estimate of drug-likeness (QED) is 0.797. The first-order valence-electron chi connectivity index (χ1n) is 5.38. The predicted molar refractivity (Wildman–Crippen MR) is 70.1 cm³/mol. The Hall–Kier alpha value is -1.81. The van der Waals surface area contributed by atoms with E-state index in [1.54, 1.807) is 32.5 Å². The Balaban J connectivity index is 2.48. The molecule has 0 saturated heterocycles. The molecule has 0 atom stereocenters. The second kappa shape index (κ2) is 5.69. The van der Waals surface area contributed by atoms with Crippen LogP contribution in [0.5, 0.6) is 11.5 Å². The minimum Gasteiger partial charge on any atom is -0.497 e. The van der Waals surface area contributed by atoms with Crippen molar-refractivity contribution in [2.24, 2.45) is 0 Å². The highest BCUT2D eigenvalue weighted by atomic mass is 35.5. The number of rotatable bonds is 4. The van der Waals surface area contributed by atoms with Gasteiger partial charge in [-0.15, -0.1) is 11.6 Å². The van der Waals surface area contributed by atoms with Crippen LogP contribution in [0.3, 0.4) is 0 Å². The normalized spacial score (nSPS) is 10.2. The van der Waals surface area contributed by atoms with Gasteiger partial charge in [-0.1, -0.05) is 0 Å². The lowest BCUT2D eigenvalue weighted by atomic mass is 10.2. The number of hydrogen-bond donors (Lipinski definition) is 0. The van der Waals surface area contributed by atoms with Crippen molar-refractivity contribution < 1.29 is 9.47 Å². The molecule has 18 heavy (non-hydrogen) atoms. The highest BCUT2D eigenvalue weighted by molar-refractivity contribution is 6.16. The van der Waals surface area contributed by atoms with Crippen molar-refractivity contribution >= 4 is 11.6 Å². The molecule has 0 fully saturated rings. The van der Waals surface area contributed by atoms with E-state index in [0.717, 1.165) is 11.3 Å². The summed E-state index contributed by atoms with van der Waals surface area (Å²) in [6.07, 6.45) is 1.69. The van der Waals surface area contributed by atoms with Crippen LogP contribution in [0.4, 0.5) is 0 Å². The standard InChI is InChI=1S/C13H13ClN2O2/c1-17-11-5-9(6-12(7-11)18-2)13-15-4-3-10(8-14)16-13/h3-7H,8H2,1-2H3. The van der Waals surface area contributed by atoms with Gasteiger partial charge in [-0.3, -0.25) is 0 Å². The zero-order valence-corrected chi connectivity index (χ0v) is 10.9. The van der Waals surface area contributed by atoms with E-state index in [1.807, 2.05) is 12.1 Å². The number of aromatic nitrogens is 2. The number of methoxy groups -OCH3 is 2. The molecule has 94 valence electrons. The molecule has 2 rings (SSSR count). The van der Waals surface area contributed by atoms with E-state index in [9.17, 15) is 0 Å². The van der Waals surface area contributed by atoms with Gasteiger partial charge in [0, 0.05) is 17.8 Å². The number of benzene rings is 1. The molecule has 4 nitrogen and oxygen atoms in total. The third kappa shape index (κ3) is 2.71. The van der Waals surface area contributed by atoms with Crippen molar-refractivity contribution in [3.05, 3.63) is 36.2 Å². The molecule has 0 saturated carbocycles. The van der Waals surface area contributed by atoms with Crippen molar-refractivity contribution in [3.63, 3.8) is 0 Å². The molecule has 1 aromatic heterocycles. The summed E-state index contributed by atoms with van der Waals surface area (Å²) >= 11 is 5.76. The first-order valence-corrected chi connectivity index (χ1v) is 5.91. The molecule has 0 amide bonds. The van der Waals surface area contributed by atoms with Gasteiger partial charge in [0.25, 0.3) is 0 Å². The summed E-state index contributed by atoms with van der Waals surface area (Å²) in [5.74, 6) is 2.36. The van der Waals surface area contributed by atoms with Crippen LogP contribution in [0.15, 0.2) is 30.5 Å². The van der Waals surface area contributed by atoms with E-state index in [-0.39, 0.29) is 0 Å². The predicted octanol–water partition coefficient (Wildman–Crippen LogP) is 2.90. The van der Waals surface area contributed by atoms with E-state index < -0.39 is 0 Å². The Morgan fingerprint density at radius 3 is 2.33 bits per heavy atom. The number of alkyl halides is 1. The van der Waals surface area contributed by atoms with E-state index in [0.29, 0.717) is 23.2 Å². The molecule has 1 heterocycles. The SMILES string of the molecule is COc1cc(OC)cc(-c2nccc(CCl)n2)c1. The first-order chi connectivity index (χ1) is 8.76. The Bertz CT molecular complexity index is 524. The molecule has 0 aliphatic heterocycles. The minimum atomic E-state index is 0.358. The van der Waals surface area contributed by atoms with Crippen LogP contribution in [-0.4, -0.2) is 24.2 Å². The fourth-order valence-corrected chi connectivity index (χ4v) is 1.69. The molecule has 0 N–H and O–H groups in total. The van der Waals surface area contributed by atoms with E-state index >= 15 is 0 Å². The molecule has 0 aliphatic carbocycles. The smallest absolute Gasteiger partial charge is 0.159 e. The lowest BCUT2D eigenvalue weighted by molar-refractivity contribution is 0.394. The van der Waals surface area contributed by atoms with Gasteiger partial charge in [0.2, 0.25) is 0 Å². The molecule has 0 unspecified atom stereocenters. The maximum absolute atomic E-state index is 5.76. The van der Waals surface area contributed by atoms with Gasteiger partial charge in [-0.2, -0.15) is 0 Å². The van der Waals surface area contributed by atoms with E-state index in [4.69, 9.17) is 21.1 Å². The fraction of sp³-hybridized carbons (Fsp3) is 0.231. The lowest BCUT2D eigenvalue weighted by Crippen LogP contribution is -1.94. The molecule has 0 bridgehead atoms. The number of hydrogen-bond acceptors (Lipinski definition) is 4. The van der Waals surface area contributed by atoms with Gasteiger partial charge in [0.15, 0.2) is 5.82 Å². The van der Waals surface area contributed by atoms with E-state index in [1.165, 1.54) is 0 Å². The van der Waals surface area contributed by atoms with Crippen LogP contribution in [-0.2, 0) is 5.88 Å². The Kier molecular flexibility index (Phi) is 3.99. The van der Waals surface area contributed by atoms with Crippen molar-refractivity contribution in [1.29, 1.82) is 0 Å². The van der Waals surface area contributed by atoms with Gasteiger partial charge in [-0.05, 0) is 18.2 Å². The van der Waals surface area contributed by atoms with Crippen molar-refractivity contribution in [3.8, 4) is 22.9 Å². The maximum Gasteiger partial charge on any atom is 0.159 e. The number of ether oxygens (including phenoxy) is 2. The summed E-state index contributed by atoms with van der Waals surface area (Å²) in [4.78, 5) is 8.59. The molecule has 0 aliphatic rings. The molecule has 0 radical (unpaired) electrons. The van der Waals surface area contributed by atoms with Crippen LogP contribution in [0, 0.1) is 0 Å². The van der Waals surface area contributed by atoms with Crippen molar-refractivity contribution in [2.45, 2.75) is 5.88 Å². The fourth-order valence-electron chi connectivity index (χ4n) is 1.55. The lowest BCUT2D eigenvalue weighted by Gasteiger charge is -2.08. The second-order valence-electron chi connectivity index (χ2n) is 3.61. The van der Waals surface area contributed by atoms with Crippen LogP contribution in [0.25, 0.3) is 11.4 Å². The van der Waals surface area contributed by atoms with Crippen LogP contribution < -0.4 is 9.47 Å². The summed E-state index contributed by atoms with van der Waals surface area (Å²) in [6, 6.07) is 7.30. The zero-order chi connectivity index (χ0) is 13.0. The molecule has 1 aromatic carbocycles. The average Bonchev–Trinajstić information content (AvgIpc) is 2.46. The molecule has 0 spiro atoms. The third-order valence-corrected chi connectivity index (χ3v) is 2.73. The summed E-state index contributed by atoms with van der Waals surface area (Å²) in [7, 11) is 3.21. The van der Waals surface area contributed by atoms with Gasteiger partial charge in [0.1, 0.15) is 11.5 Å². The summed E-state index contributed by atoms with van der Waals surface area (Å²) in [6.45, 7) is 0. The van der Waals surface area contributed by atoms with Crippen LogP contribution >= 0.6 is 11.6 Å². The monoisotopic (exact) mass is 264 g/mol. The maximum atomic E-state index is 5.76. The van der Waals surface area contributed by atoms with E-state index in [2.05, 4.69) is 9.97 Å². The van der Waals surface area contributed by atoms with Crippen molar-refractivity contribution in [2.75, 3.05) is 14.2 Å². The molecule has 2 aromatic rings. The Labute approximate surface area is 111 Å². The minimum absolute atomic E-state index is 0.358. The second-order valence-corrected chi connectivity index (χ2v) is 3.87. The van der Waals surface area contributed by atoms with Gasteiger partial charge in [0.05, 0.1) is 25.8 Å². The zero-order valence-electron chi connectivity index (χ0n) is 10.2. The summed E-state index contributed by atoms with van der Waals surface area (Å²) in [5.41, 5.74) is 1.61. The number of halogens is 1. The first kappa shape index (κ1) is 12.6. The Morgan fingerprint density at radius 2 is 1.78 bits per heavy atom. The summed E-state index contributed by atoms with van der Waals surface area (Å²) in [5, 5.41) is 0. The molecule has 5 heteroatoms. The highest BCUT2D eigenvalue weighted by Gasteiger charge is 2.07. The third-order valence-electron chi connectivity index (χ3n) is 2.46. The average molecular weight is 265 g/mol. The summed E-state index contributed by atoms with van der Waals surface area (Å²) < 4.78 is 10.4. The number of nitrogens with zero attached hydrogens (tertiary/aromatic N) is 2. The highest BCUT2D eigenvalue weighted by Crippen LogP contribution is 2.27. The molecular weight excluding hydrogens is 252 g/mol. The van der Waals surface area contributed by atoms with Crippen LogP contribution in [0.2, 0.25) is 0 Å². The Morgan fingerprint density at radius 1 is 1.11 bits per heavy atom. The van der Waals surface area contributed by atoms with Gasteiger partial charge >= 0.3 is 0 Å². The van der Waals surface area contributed by atoms with Gasteiger partial charge < -0.3 is 9.47 Å². The molecular formula is C13H13ClN2O2. The van der Waals surface area contributed by atoms with Gasteiger partial charge in [-0.25, -0.2) is 9.97 Å². The van der Waals surface area contributed by atoms with Crippen LogP contribution in [0.1, 0.15) is 5.69 Å². The largest absolute Gasteiger partial charge is 0.497 e. The topological polar surface area (TPSA) is 44.2 Å². The van der Waals surface area contributed by atoms with Crippen molar-refractivity contribution in [1.82, 2.24) is 9.97 Å².